The van der Waals surface area contributed by atoms with Crippen LogP contribution in [0.4, 0.5) is 0 Å². The van der Waals surface area contributed by atoms with Gasteiger partial charge in [0.05, 0.1) is 7.11 Å². The highest BCUT2D eigenvalue weighted by Gasteiger charge is 2.16. The van der Waals surface area contributed by atoms with Gasteiger partial charge in [0.25, 0.3) is 0 Å². The Labute approximate surface area is 131 Å². The molecule has 21 heavy (non-hydrogen) atoms. The first-order valence-corrected chi connectivity index (χ1v) is 7.63. The number of benzene rings is 2. The Morgan fingerprint density at radius 2 is 1.86 bits per heavy atom. The Bertz CT molecular complexity index is 578. The van der Waals surface area contributed by atoms with Crippen molar-refractivity contribution in [3.05, 3.63) is 64.2 Å². The van der Waals surface area contributed by atoms with Crippen molar-refractivity contribution in [3.63, 3.8) is 0 Å². The average molecular weight is 305 g/mol. The minimum atomic E-state index is -0.737. The predicted molar refractivity (Wildman–Crippen MR) is 87.1 cm³/mol. The van der Waals surface area contributed by atoms with Crippen LogP contribution in [-0.2, 0) is 6.42 Å². The molecule has 0 aromatic heterocycles. The molecule has 0 aliphatic carbocycles. The van der Waals surface area contributed by atoms with Gasteiger partial charge in [-0.3, -0.25) is 0 Å². The van der Waals surface area contributed by atoms with Crippen LogP contribution in [0.1, 0.15) is 42.6 Å². The number of rotatable bonds is 6. The third-order valence-corrected chi connectivity index (χ3v) is 3.84. The third-order valence-electron chi connectivity index (χ3n) is 3.60. The Hall–Kier alpha value is -1.51. The van der Waals surface area contributed by atoms with Gasteiger partial charge in [0.15, 0.2) is 0 Å². The van der Waals surface area contributed by atoms with Gasteiger partial charge in [-0.1, -0.05) is 49.2 Å². The van der Waals surface area contributed by atoms with Gasteiger partial charge in [-0.15, -0.1) is 0 Å². The summed E-state index contributed by atoms with van der Waals surface area (Å²) in [4.78, 5) is 0. The molecule has 0 radical (unpaired) electrons. The molecular formula is C18H21ClO2. The Morgan fingerprint density at radius 3 is 2.48 bits per heavy atom. The number of ether oxygens (including phenoxy) is 1. The molecule has 2 rings (SSSR count). The van der Waals surface area contributed by atoms with Gasteiger partial charge >= 0.3 is 0 Å². The molecule has 0 aliphatic rings. The lowest BCUT2D eigenvalue weighted by atomic mass is 9.98. The molecule has 0 spiro atoms. The second kappa shape index (κ2) is 7.48. The fourth-order valence-corrected chi connectivity index (χ4v) is 2.53. The molecule has 0 bridgehead atoms. The summed E-state index contributed by atoms with van der Waals surface area (Å²) in [6.45, 7) is 2.18. The monoisotopic (exact) mass is 304 g/mol. The van der Waals surface area contributed by atoms with Crippen molar-refractivity contribution < 1.29 is 9.84 Å². The summed E-state index contributed by atoms with van der Waals surface area (Å²) in [5.41, 5.74) is 2.83. The first-order valence-electron chi connectivity index (χ1n) is 7.26. The van der Waals surface area contributed by atoms with E-state index < -0.39 is 6.10 Å². The largest absolute Gasteiger partial charge is 0.496 e. The number of hydrogen-bond donors (Lipinski definition) is 1. The maximum atomic E-state index is 10.6. The van der Waals surface area contributed by atoms with Crippen LogP contribution < -0.4 is 4.74 Å². The Morgan fingerprint density at radius 1 is 1.14 bits per heavy atom. The van der Waals surface area contributed by atoms with Crippen molar-refractivity contribution >= 4 is 11.6 Å². The van der Waals surface area contributed by atoms with Crippen LogP contribution in [0.25, 0.3) is 0 Å². The quantitative estimate of drug-likeness (QED) is 0.832. The second-order valence-electron chi connectivity index (χ2n) is 5.13. The average Bonchev–Trinajstić information content (AvgIpc) is 2.52. The summed E-state index contributed by atoms with van der Waals surface area (Å²) < 4.78 is 5.30. The highest BCUT2D eigenvalue weighted by molar-refractivity contribution is 6.30. The van der Waals surface area contributed by atoms with Crippen LogP contribution in [0.3, 0.4) is 0 Å². The lowest BCUT2D eigenvalue weighted by molar-refractivity contribution is 0.214. The molecule has 0 saturated heterocycles. The Kier molecular flexibility index (Phi) is 5.66. The Balaban J connectivity index is 2.23. The van der Waals surface area contributed by atoms with E-state index in [-0.39, 0.29) is 0 Å². The lowest BCUT2D eigenvalue weighted by Crippen LogP contribution is -2.02. The van der Waals surface area contributed by atoms with Crippen LogP contribution in [0.15, 0.2) is 42.5 Å². The van der Waals surface area contributed by atoms with Crippen LogP contribution in [-0.4, -0.2) is 12.2 Å². The normalized spacial score (nSPS) is 12.2. The zero-order valence-electron chi connectivity index (χ0n) is 12.5. The van der Waals surface area contributed by atoms with Crippen LogP contribution in [0.5, 0.6) is 5.75 Å². The zero-order valence-corrected chi connectivity index (χ0v) is 13.2. The molecule has 112 valence electrons. The first-order chi connectivity index (χ1) is 10.2. The number of methoxy groups -OCH3 is 1. The van der Waals surface area contributed by atoms with Crippen molar-refractivity contribution in [1.82, 2.24) is 0 Å². The van der Waals surface area contributed by atoms with Gasteiger partial charge in [-0.2, -0.15) is 0 Å². The third kappa shape index (κ3) is 3.99. The van der Waals surface area contributed by atoms with Crippen LogP contribution in [0.2, 0.25) is 5.02 Å². The highest BCUT2D eigenvalue weighted by atomic mass is 35.5. The maximum Gasteiger partial charge on any atom is 0.125 e. The highest BCUT2D eigenvalue weighted by Crippen LogP contribution is 2.32. The van der Waals surface area contributed by atoms with E-state index in [2.05, 4.69) is 19.1 Å². The van der Waals surface area contributed by atoms with E-state index in [1.54, 1.807) is 25.3 Å². The molecule has 1 unspecified atom stereocenters. The minimum Gasteiger partial charge on any atom is -0.496 e. The van der Waals surface area contributed by atoms with E-state index in [4.69, 9.17) is 16.3 Å². The summed E-state index contributed by atoms with van der Waals surface area (Å²) in [6.07, 6.45) is 2.71. The van der Waals surface area contributed by atoms with Crippen LogP contribution in [0, 0.1) is 0 Å². The summed E-state index contributed by atoms with van der Waals surface area (Å²) in [5, 5.41) is 11.1. The number of unbranched alkanes of at least 4 members (excludes halogenated alkanes) is 1. The standard InChI is InChI=1S/C18H21ClO2/c1-3-4-5-13-6-8-14(9-7-13)18(20)16-12-15(19)10-11-17(16)21-2/h6-12,18,20H,3-5H2,1-2H3. The molecule has 2 aromatic carbocycles. The number of halogens is 1. The fourth-order valence-electron chi connectivity index (χ4n) is 2.35. The van der Waals surface area contributed by atoms with E-state index >= 15 is 0 Å². The number of aliphatic hydroxyl groups excluding tert-OH is 1. The molecule has 1 N–H and O–H groups in total. The van der Waals surface area contributed by atoms with Crippen molar-refractivity contribution in [2.75, 3.05) is 7.11 Å². The molecule has 2 nitrogen and oxygen atoms in total. The van der Waals surface area contributed by atoms with E-state index in [1.807, 2.05) is 12.1 Å². The number of aryl methyl sites for hydroxylation is 1. The molecule has 0 amide bonds. The molecule has 0 saturated carbocycles. The molecule has 2 aromatic rings. The molecule has 1 atom stereocenters. The van der Waals surface area contributed by atoms with Gasteiger partial charge in [-0.05, 0) is 42.2 Å². The number of aliphatic hydroxyl groups is 1. The smallest absolute Gasteiger partial charge is 0.125 e. The van der Waals surface area contributed by atoms with Crippen LogP contribution >= 0.6 is 11.6 Å². The molecular weight excluding hydrogens is 284 g/mol. The van der Waals surface area contributed by atoms with Gasteiger partial charge in [0, 0.05) is 10.6 Å². The fraction of sp³-hybridized carbons (Fsp3) is 0.333. The maximum absolute atomic E-state index is 10.6. The van der Waals surface area contributed by atoms with Crippen molar-refractivity contribution in [1.29, 1.82) is 0 Å². The second-order valence-corrected chi connectivity index (χ2v) is 5.57. The van der Waals surface area contributed by atoms with Gasteiger partial charge in [0.2, 0.25) is 0 Å². The van der Waals surface area contributed by atoms with Crippen molar-refractivity contribution in [2.45, 2.75) is 32.3 Å². The minimum absolute atomic E-state index is 0.587. The topological polar surface area (TPSA) is 29.5 Å². The van der Waals surface area contributed by atoms with E-state index in [0.717, 1.165) is 12.0 Å². The predicted octanol–water partition coefficient (Wildman–Crippen LogP) is 4.77. The molecule has 0 heterocycles. The SMILES string of the molecule is CCCCc1ccc(C(O)c2cc(Cl)ccc2OC)cc1. The zero-order chi connectivity index (χ0) is 15.2. The van der Waals surface area contributed by atoms with Crippen molar-refractivity contribution in [2.24, 2.45) is 0 Å². The van der Waals surface area contributed by atoms with E-state index in [0.29, 0.717) is 16.3 Å². The van der Waals surface area contributed by atoms with E-state index in [1.165, 1.54) is 18.4 Å². The molecule has 3 heteroatoms. The number of hydrogen-bond acceptors (Lipinski definition) is 2. The summed E-state index contributed by atoms with van der Waals surface area (Å²) in [7, 11) is 1.59. The van der Waals surface area contributed by atoms with Gasteiger partial charge in [-0.25, -0.2) is 0 Å². The molecule has 0 fully saturated rings. The van der Waals surface area contributed by atoms with Crippen molar-refractivity contribution in [3.8, 4) is 5.75 Å². The van der Waals surface area contributed by atoms with E-state index in [9.17, 15) is 5.11 Å². The van der Waals surface area contributed by atoms with Gasteiger partial charge < -0.3 is 9.84 Å². The first kappa shape index (κ1) is 15.9. The summed E-state index contributed by atoms with van der Waals surface area (Å²) in [5.74, 6) is 0.641. The summed E-state index contributed by atoms with van der Waals surface area (Å²) in [6, 6.07) is 13.4. The summed E-state index contributed by atoms with van der Waals surface area (Å²) >= 11 is 6.02. The lowest BCUT2D eigenvalue weighted by Gasteiger charge is -2.16. The molecule has 0 aliphatic heterocycles. The van der Waals surface area contributed by atoms with Gasteiger partial charge in [0.1, 0.15) is 11.9 Å².